The van der Waals surface area contributed by atoms with Gasteiger partial charge in [-0.15, -0.1) is 10.2 Å². The summed E-state index contributed by atoms with van der Waals surface area (Å²) in [5.41, 5.74) is 0.262. The van der Waals surface area contributed by atoms with Crippen LogP contribution in [0, 0.1) is 5.82 Å². The van der Waals surface area contributed by atoms with Gasteiger partial charge in [-0.05, 0) is 24.3 Å². The van der Waals surface area contributed by atoms with Crippen LogP contribution in [-0.4, -0.2) is 16.8 Å². The van der Waals surface area contributed by atoms with E-state index >= 15 is 0 Å². The number of para-hydroxylation sites is 2. The number of rotatable bonds is 2. The quantitative estimate of drug-likeness (QED) is 0.726. The lowest BCUT2D eigenvalue weighted by Gasteiger charge is -2.23. The minimum Gasteiger partial charge on any atom is -0.485 e. The van der Waals surface area contributed by atoms with Gasteiger partial charge < -0.3 is 13.9 Å². The Morgan fingerprint density at radius 3 is 2.59 bits per heavy atom. The molecule has 2 aromatic carbocycles. The molecule has 0 fully saturated rings. The third-order valence-electron chi connectivity index (χ3n) is 3.33. The van der Waals surface area contributed by atoms with Crippen LogP contribution in [0.3, 0.4) is 0 Å². The third kappa shape index (κ3) is 2.18. The van der Waals surface area contributed by atoms with E-state index in [0.29, 0.717) is 11.5 Å². The average molecular weight is 298 g/mol. The molecule has 110 valence electrons. The molecule has 1 aliphatic rings. The Labute approximate surface area is 125 Å². The van der Waals surface area contributed by atoms with Crippen molar-refractivity contribution >= 4 is 0 Å². The minimum absolute atomic E-state index is 0.121. The molecule has 0 bridgehead atoms. The monoisotopic (exact) mass is 298 g/mol. The highest BCUT2D eigenvalue weighted by Crippen LogP contribution is 2.36. The second-order valence-corrected chi connectivity index (χ2v) is 4.79. The van der Waals surface area contributed by atoms with Crippen LogP contribution in [-0.2, 0) is 0 Å². The zero-order valence-corrected chi connectivity index (χ0v) is 11.4. The summed E-state index contributed by atoms with van der Waals surface area (Å²) in [4.78, 5) is 0. The molecule has 6 heteroatoms. The summed E-state index contributed by atoms with van der Waals surface area (Å²) < 4.78 is 30.7. The number of halogens is 1. The number of hydrogen-bond donors (Lipinski definition) is 0. The lowest BCUT2D eigenvalue weighted by atomic mass is 10.2. The molecule has 4 rings (SSSR count). The third-order valence-corrected chi connectivity index (χ3v) is 3.33. The maximum absolute atomic E-state index is 13.7. The molecule has 0 saturated heterocycles. The molecular weight excluding hydrogens is 287 g/mol. The molecule has 0 saturated carbocycles. The van der Waals surface area contributed by atoms with Gasteiger partial charge in [0.2, 0.25) is 6.10 Å². The molecule has 5 nitrogen and oxygen atoms in total. The first-order valence-corrected chi connectivity index (χ1v) is 6.78. The van der Waals surface area contributed by atoms with E-state index in [2.05, 4.69) is 10.2 Å². The molecule has 3 aromatic rings. The standard InChI is InChI=1S/C16H11FN2O3/c17-11-6-2-1-5-10(11)15-18-19-16(22-15)14-9-20-12-7-3-4-8-13(12)21-14/h1-8,14H,9H2. The zero-order chi connectivity index (χ0) is 14.9. The molecule has 1 atom stereocenters. The first-order chi connectivity index (χ1) is 10.8. The summed E-state index contributed by atoms with van der Waals surface area (Å²) >= 11 is 0. The summed E-state index contributed by atoms with van der Waals surface area (Å²) in [7, 11) is 0. The highest BCUT2D eigenvalue weighted by Gasteiger charge is 2.27. The van der Waals surface area contributed by atoms with Crippen molar-refractivity contribution < 1.29 is 18.3 Å². The summed E-state index contributed by atoms with van der Waals surface area (Å²) in [6, 6.07) is 13.6. The SMILES string of the molecule is Fc1ccccc1-c1nnc(C2COc3ccccc3O2)o1. The number of ether oxygens (including phenoxy) is 2. The van der Waals surface area contributed by atoms with Crippen LogP contribution >= 0.6 is 0 Å². The van der Waals surface area contributed by atoms with Crippen molar-refractivity contribution in [3.8, 4) is 23.0 Å². The first kappa shape index (κ1) is 12.8. The Balaban J connectivity index is 1.62. The van der Waals surface area contributed by atoms with E-state index in [1.165, 1.54) is 6.07 Å². The predicted octanol–water partition coefficient (Wildman–Crippen LogP) is 3.39. The smallest absolute Gasteiger partial charge is 0.260 e. The molecule has 0 spiro atoms. The summed E-state index contributed by atoms with van der Waals surface area (Å²) in [6.45, 7) is 0.260. The Hall–Kier alpha value is -2.89. The minimum atomic E-state index is -0.511. The zero-order valence-electron chi connectivity index (χ0n) is 11.4. The van der Waals surface area contributed by atoms with Gasteiger partial charge in [-0.2, -0.15) is 0 Å². The van der Waals surface area contributed by atoms with Gasteiger partial charge in [-0.1, -0.05) is 24.3 Å². The fourth-order valence-electron chi connectivity index (χ4n) is 2.25. The molecule has 0 amide bonds. The summed E-state index contributed by atoms with van der Waals surface area (Å²) in [6.07, 6.45) is -0.511. The summed E-state index contributed by atoms with van der Waals surface area (Å²) in [5, 5.41) is 7.83. The fourth-order valence-corrected chi connectivity index (χ4v) is 2.25. The van der Waals surface area contributed by atoms with E-state index in [-0.39, 0.29) is 24.0 Å². The number of hydrogen-bond acceptors (Lipinski definition) is 5. The van der Waals surface area contributed by atoms with Crippen LogP contribution in [0.1, 0.15) is 12.0 Å². The molecule has 1 unspecified atom stereocenters. The molecule has 0 aliphatic carbocycles. The second kappa shape index (κ2) is 5.14. The highest BCUT2D eigenvalue weighted by atomic mass is 19.1. The van der Waals surface area contributed by atoms with Gasteiger partial charge >= 0.3 is 0 Å². The van der Waals surface area contributed by atoms with E-state index in [1.54, 1.807) is 24.3 Å². The van der Waals surface area contributed by atoms with Gasteiger partial charge in [0.1, 0.15) is 12.4 Å². The Kier molecular flexibility index (Phi) is 3.00. The molecule has 22 heavy (non-hydrogen) atoms. The molecule has 2 heterocycles. The Bertz CT molecular complexity index is 818. The van der Waals surface area contributed by atoms with Gasteiger partial charge in [-0.25, -0.2) is 4.39 Å². The van der Waals surface area contributed by atoms with Crippen molar-refractivity contribution in [1.82, 2.24) is 10.2 Å². The van der Waals surface area contributed by atoms with E-state index in [4.69, 9.17) is 13.9 Å². The van der Waals surface area contributed by atoms with Crippen LogP contribution in [0.2, 0.25) is 0 Å². The van der Waals surface area contributed by atoms with Gasteiger partial charge in [-0.3, -0.25) is 0 Å². The van der Waals surface area contributed by atoms with E-state index in [0.717, 1.165) is 0 Å². The van der Waals surface area contributed by atoms with E-state index < -0.39 is 11.9 Å². The Morgan fingerprint density at radius 1 is 0.955 bits per heavy atom. The average Bonchev–Trinajstić information content (AvgIpc) is 3.04. The van der Waals surface area contributed by atoms with Crippen LogP contribution in [0.15, 0.2) is 52.9 Å². The van der Waals surface area contributed by atoms with Crippen LogP contribution in [0.25, 0.3) is 11.5 Å². The molecular formula is C16H11FN2O3. The maximum Gasteiger partial charge on any atom is 0.260 e. The highest BCUT2D eigenvalue weighted by molar-refractivity contribution is 5.53. The van der Waals surface area contributed by atoms with Crippen LogP contribution in [0.4, 0.5) is 4.39 Å². The number of aromatic nitrogens is 2. The van der Waals surface area contributed by atoms with Crippen LogP contribution in [0.5, 0.6) is 11.5 Å². The fraction of sp³-hybridized carbons (Fsp3) is 0.125. The topological polar surface area (TPSA) is 57.4 Å². The van der Waals surface area contributed by atoms with Gasteiger partial charge in [0.25, 0.3) is 11.8 Å². The lowest BCUT2D eigenvalue weighted by molar-refractivity contribution is 0.0716. The van der Waals surface area contributed by atoms with Crippen molar-refractivity contribution in [3.05, 3.63) is 60.2 Å². The lowest BCUT2D eigenvalue weighted by Crippen LogP contribution is -2.21. The van der Waals surface area contributed by atoms with Crippen molar-refractivity contribution in [2.45, 2.75) is 6.10 Å². The molecule has 0 N–H and O–H groups in total. The molecule has 1 aromatic heterocycles. The van der Waals surface area contributed by atoms with E-state index in [9.17, 15) is 4.39 Å². The maximum atomic E-state index is 13.7. The van der Waals surface area contributed by atoms with Crippen molar-refractivity contribution in [1.29, 1.82) is 0 Å². The van der Waals surface area contributed by atoms with Crippen molar-refractivity contribution in [2.24, 2.45) is 0 Å². The van der Waals surface area contributed by atoms with Gasteiger partial charge in [0.05, 0.1) is 5.56 Å². The van der Waals surface area contributed by atoms with E-state index in [1.807, 2.05) is 18.2 Å². The van der Waals surface area contributed by atoms with Crippen molar-refractivity contribution in [2.75, 3.05) is 6.61 Å². The summed E-state index contributed by atoms with van der Waals surface area (Å²) in [5.74, 6) is 1.25. The number of fused-ring (bicyclic) bond motifs is 1. The second-order valence-electron chi connectivity index (χ2n) is 4.79. The van der Waals surface area contributed by atoms with Crippen molar-refractivity contribution in [3.63, 3.8) is 0 Å². The van der Waals surface area contributed by atoms with Gasteiger partial charge in [0.15, 0.2) is 11.5 Å². The Morgan fingerprint density at radius 2 is 1.73 bits per heavy atom. The van der Waals surface area contributed by atoms with Crippen LogP contribution < -0.4 is 9.47 Å². The van der Waals surface area contributed by atoms with Gasteiger partial charge in [0, 0.05) is 0 Å². The normalized spacial score (nSPS) is 16.5. The number of benzene rings is 2. The number of nitrogens with zero attached hydrogens (tertiary/aromatic N) is 2. The predicted molar refractivity (Wildman–Crippen MR) is 75.0 cm³/mol. The molecule has 0 radical (unpaired) electrons. The molecule has 1 aliphatic heterocycles. The largest absolute Gasteiger partial charge is 0.485 e. The first-order valence-electron chi connectivity index (χ1n) is 6.78.